The van der Waals surface area contributed by atoms with Crippen LogP contribution in [0, 0.1) is 11.8 Å². The van der Waals surface area contributed by atoms with Crippen molar-refractivity contribution < 1.29 is 19.1 Å². The molecule has 2 heterocycles. The number of carbonyl (C=O) groups excluding carboxylic acids is 2. The second kappa shape index (κ2) is 11.0. The van der Waals surface area contributed by atoms with Crippen molar-refractivity contribution in [1.29, 1.82) is 0 Å². The number of piperidine rings is 1. The summed E-state index contributed by atoms with van der Waals surface area (Å²) in [6, 6.07) is 13.9. The Morgan fingerprint density at radius 3 is 2.31 bits per heavy atom. The number of hydrogen-bond donors (Lipinski definition) is 0. The Kier molecular flexibility index (Phi) is 7.61. The fraction of sp³-hybridized carbons (Fsp3) is 0.533. The number of likely N-dealkylation sites (tertiary alicyclic amines) is 1. The van der Waals surface area contributed by atoms with E-state index in [1.807, 2.05) is 30.3 Å². The van der Waals surface area contributed by atoms with Crippen LogP contribution in [0.2, 0.25) is 0 Å². The van der Waals surface area contributed by atoms with Crippen LogP contribution >= 0.6 is 0 Å². The summed E-state index contributed by atoms with van der Waals surface area (Å²) in [6.45, 7) is 2.13. The average molecular weight is 491 g/mol. The normalized spacial score (nSPS) is 20.9. The molecular weight excluding hydrogens is 452 g/mol. The van der Waals surface area contributed by atoms with Gasteiger partial charge in [-0.2, -0.15) is 0 Å². The Labute approximate surface area is 214 Å². The van der Waals surface area contributed by atoms with Crippen LogP contribution in [0.25, 0.3) is 11.1 Å². The number of fused-ring (bicyclic) bond motifs is 1. The summed E-state index contributed by atoms with van der Waals surface area (Å²) in [7, 11) is 3.52. The first-order chi connectivity index (χ1) is 17.5. The standard InChI is InChI=1S/C30H38N2O4/c1-31(2)29(34)23-10-8-22(9-11-23)25-12-13-27-26(19-25)20-35-30(36-27)24-14-16-32(17-15-24)28(33)18-21-6-4-3-5-7-21/h8-13,19,21,24,30H,3-7,14-18,20H2,1-2H3. The molecule has 1 saturated carbocycles. The minimum Gasteiger partial charge on any atom is -0.464 e. The third-order valence-corrected chi connectivity index (χ3v) is 8.04. The Hall–Kier alpha value is -2.86. The zero-order chi connectivity index (χ0) is 25.1. The van der Waals surface area contributed by atoms with Crippen molar-refractivity contribution in [3.63, 3.8) is 0 Å². The molecule has 36 heavy (non-hydrogen) atoms. The van der Waals surface area contributed by atoms with Crippen molar-refractivity contribution >= 4 is 11.8 Å². The number of rotatable bonds is 5. The van der Waals surface area contributed by atoms with E-state index in [1.165, 1.54) is 32.1 Å². The van der Waals surface area contributed by atoms with E-state index in [1.54, 1.807) is 19.0 Å². The highest BCUT2D eigenvalue weighted by Crippen LogP contribution is 2.35. The summed E-state index contributed by atoms with van der Waals surface area (Å²) in [5.74, 6) is 2.11. The average Bonchev–Trinajstić information content (AvgIpc) is 2.92. The topological polar surface area (TPSA) is 59.1 Å². The van der Waals surface area contributed by atoms with E-state index in [0.717, 1.165) is 54.8 Å². The molecule has 2 aromatic rings. The van der Waals surface area contributed by atoms with Crippen LogP contribution in [0.4, 0.5) is 0 Å². The van der Waals surface area contributed by atoms with Gasteiger partial charge in [0.2, 0.25) is 12.2 Å². The number of benzene rings is 2. The second-order valence-corrected chi connectivity index (χ2v) is 10.8. The summed E-state index contributed by atoms with van der Waals surface area (Å²) in [5.41, 5.74) is 3.85. The lowest BCUT2D eigenvalue weighted by atomic mass is 9.86. The molecule has 6 nitrogen and oxygen atoms in total. The molecule has 1 unspecified atom stereocenters. The lowest BCUT2D eigenvalue weighted by Gasteiger charge is -2.38. The summed E-state index contributed by atoms with van der Waals surface area (Å²) in [4.78, 5) is 28.6. The van der Waals surface area contributed by atoms with Crippen LogP contribution in [0.1, 0.15) is 67.3 Å². The van der Waals surface area contributed by atoms with E-state index in [-0.39, 0.29) is 12.2 Å². The summed E-state index contributed by atoms with van der Waals surface area (Å²) in [5, 5.41) is 0. The van der Waals surface area contributed by atoms with Gasteiger partial charge in [-0.05, 0) is 67.0 Å². The fourth-order valence-corrected chi connectivity index (χ4v) is 5.80. The maximum atomic E-state index is 12.8. The van der Waals surface area contributed by atoms with E-state index in [9.17, 15) is 9.59 Å². The monoisotopic (exact) mass is 490 g/mol. The minimum absolute atomic E-state index is 0.000691. The van der Waals surface area contributed by atoms with E-state index in [2.05, 4.69) is 17.0 Å². The second-order valence-electron chi connectivity index (χ2n) is 10.8. The molecule has 0 bridgehead atoms. The largest absolute Gasteiger partial charge is 0.464 e. The van der Waals surface area contributed by atoms with Gasteiger partial charge >= 0.3 is 0 Å². The van der Waals surface area contributed by atoms with Crippen LogP contribution < -0.4 is 4.74 Å². The highest BCUT2D eigenvalue weighted by molar-refractivity contribution is 5.94. The van der Waals surface area contributed by atoms with Gasteiger partial charge in [-0.1, -0.05) is 37.5 Å². The molecule has 1 saturated heterocycles. The molecule has 3 aliphatic rings. The number of carbonyl (C=O) groups is 2. The van der Waals surface area contributed by atoms with Crippen molar-refractivity contribution in [3.8, 4) is 16.9 Å². The van der Waals surface area contributed by atoms with E-state index < -0.39 is 0 Å². The molecule has 0 spiro atoms. The lowest BCUT2D eigenvalue weighted by molar-refractivity contribution is -0.155. The van der Waals surface area contributed by atoms with Crippen molar-refractivity contribution in [2.45, 2.75) is 64.3 Å². The van der Waals surface area contributed by atoms with E-state index in [4.69, 9.17) is 9.47 Å². The maximum absolute atomic E-state index is 12.8. The van der Waals surface area contributed by atoms with E-state index >= 15 is 0 Å². The van der Waals surface area contributed by atoms with Gasteiger partial charge in [-0.3, -0.25) is 9.59 Å². The Morgan fingerprint density at radius 2 is 1.61 bits per heavy atom. The number of hydrogen-bond acceptors (Lipinski definition) is 4. The van der Waals surface area contributed by atoms with Gasteiger partial charge in [0.1, 0.15) is 5.75 Å². The van der Waals surface area contributed by atoms with Crippen molar-refractivity contribution in [1.82, 2.24) is 9.80 Å². The number of amides is 2. The van der Waals surface area contributed by atoms with Gasteiger partial charge in [0.05, 0.1) is 6.61 Å². The van der Waals surface area contributed by atoms with Gasteiger partial charge in [0, 0.05) is 50.7 Å². The van der Waals surface area contributed by atoms with Crippen LogP contribution in [0.15, 0.2) is 42.5 Å². The Bertz CT molecular complexity index is 1070. The molecule has 5 rings (SSSR count). The zero-order valence-electron chi connectivity index (χ0n) is 21.6. The Morgan fingerprint density at radius 1 is 0.917 bits per heavy atom. The quantitative estimate of drug-likeness (QED) is 0.555. The molecule has 0 N–H and O–H groups in total. The van der Waals surface area contributed by atoms with E-state index in [0.29, 0.717) is 29.9 Å². The summed E-state index contributed by atoms with van der Waals surface area (Å²) in [6.07, 6.45) is 8.64. The first kappa shape index (κ1) is 24.8. The molecule has 2 amide bonds. The first-order valence-electron chi connectivity index (χ1n) is 13.5. The molecule has 0 aromatic heterocycles. The van der Waals surface area contributed by atoms with Gasteiger partial charge < -0.3 is 19.3 Å². The van der Waals surface area contributed by atoms with Crippen LogP contribution in [0.5, 0.6) is 5.75 Å². The predicted octanol–water partition coefficient (Wildman–Crippen LogP) is 5.50. The van der Waals surface area contributed by atoms with Gasteiger partial charge in [-0.15, -0.1) is 0 Å². The maximum Gasteiger partial charge on any atom is 0.253 e. The van der Waals surface area contributed by atoms with Gasteiger partial charge in [0.25, 0.3) is 5.91 Å². The predicted molar refractivity (Wildman–Crippen MR) is 140 cm³/mol. The summed E-state index contributed by atoms with van der Waals surface area (Å²) >= 11 is 0. The molecule has 192 valence electrons. The number of nitrogens with zero attached hydrogens (tertiary/aromatic N) is 2. The molecule has 0 radical (unpaired) electrons. The van der Waals surface area contributed by atoms with Crippen molar-refractivity contribution in [2.24, 2.45) is 11.8 Å². The van der Waals surface area contributed by atoms with Crippen LogP contribution in [-0.2, 0) is 16.1 Å². The lowest BCUT2D eigenvalue weighted by Crippen LogP contribution is -2.44. The van der Waals surface area contributed by atoms with Gasteiger partial charge in [0.15, 0.2) is 0 Å². The van der Waals surface area contributed by atoms with Crippen molar-refractivity contribution in [2.75, 3.05) is 27.2 Å². The molecule has 6 heteroatoms. The fourth-order valence-electron chi connectivity index (χ4n) is 5.80. The van der Waals surface area contributed by atoms with Crippen LogP contribution in [0.3, 0.4) is 0 Å². The summed E-state index contributed by atoms with van der Waals surface area (Å²) < 4.78 is 12.4. The molecule has 1 aliphatic carbocycles. The molecule has 2 fully saturated rings. The van der Waals surface area contributed by atoms with Crippen molar-refractivity contribution in [3.05, 3.63) is 53.6 Å². The first-order valence-corrected chi connectivity index (χ1v) is 13.5. The minimum atomic E-state index is -0.254. The third-order valence-electron chi connectivity index (χ3n) is 8.04. The Balaban J connectivity index is 1.15. The van der Waals surface area contributed by atoms with Gasteiger partial charge in [-0.25, -0.2) is 0 Å². The highest BCUT2D eigenvalue weighted by atomic mass is 16.7. The zero-order valence-corrected chi connectivity index (χ0v) is 21.6. The molecule has 1 atom stereocenters. The van der Waals surface area contributed by atoms with Crippen LogP contribution in [-0.4, -0.2) is 55.1 Å². The highest BCUT2D eigenvalue weighted by Gasteiger charge is 2.33. The molecule has 2 aromatic carbocycles. The SMILES string of the molecule is CN(C)C(=O)c1ccc(-c2ccc3c(c2)COC(C2CCN(C(=O)CC4CCCCC4)CC2)O3)cc1. The number of ether oxygens (including phenoxy) is 2. The molecular formula is C30H38N2O4. The smallest absolute Gasteiger partial charge is 0.253 e. The molecule has 2 aliphatic heterocycles. The third kappa shape index (κ3) is 5.59.